The van der Waals surface area contributed by atoms with E-state index in [1.54, 1.807) is 17.5 Å². The fourth-order valence-corrected chi connectivity index (χ4v) is 2.84. The Kier molecular flexibility index (Phi) is 5.50. The summed E-state index contributed by atoms with van der Waals surface area (Å²) in [6.45, 7) is 0.832. The molecule has 7 heteroatoms. The van der Waals surface area contributed by atoms with Gasteiger partial charge in [0, 0.05) is 24.5 Å². The second-order valence-electron chi connectivity index (χ2n) is 5.12. The van der Waals surface area contributed by atoms with Crippen LogP contribution in [0.15, 0.2) is 29.6 Å². The third-order valence-electron chi connectivity index (χ3n) is 3.46. The Bertz CT molecular complexity index is 642. The number of hydrogen-bond acceptors (Lipinski definition) is 4. The zero-order valence-electron chi connectivity index (χ0n) is 11.9. The number of nitrogens with two attached hydrogens (primary N) is 1. The average molecular weight is 342 g/mol. The van der Waals surface area contributed by atoms with Crippen molar-refractivity contribution in [3.8, 4) is 0 Å². The van der Waals surface area contributed by atoms with Crippen LogP contribution in [0.2, 0.25) is 0 Å². The van der Waals surface area contributed by atoms with Gasteiger partial charge in [-0.15, -0.1) is 23.7 Å². The van der Waals surface area contributed by atoms with Gasteiger partial charge < -0.3 is 10.6 Å². The maximum atomic E-state index is 13.0. The van der Waals surface area contributed by atoms with Crippen molar-refractivity contribution >= 4 is 29.7 Å². The summed E-state index contributed by atoms with van der Waals surface area (Å²) < 4.78 is 13.0. The van der Waals surface area contributed by atoms with Gasteiger partial charge in [0.1, 0.15) is 16.5 Å². The van der Waals surface area contributed by atoms with Crippen molar-refractivity contribution in [2.45, 2.75) is 32.0 Å². The number of nitrogens with zero attached hydrogens (tertiary/aromatic N) is 2. The highest BCUT2D eigenvalue weighted by atomic mass is 35.5. The van der Waals surface area contributed by atoms with Gasteiger partial charge in [0.15, 0.2) is 0 Å². The van der Waals surface area contributed by atoms with Crippen LogP contribution in [0.25, 0.3) is 0 Å². The quantitative estimate of drug-likeness (QED) is 0.909. The summed E-state index contributed by atoms with van der Waals surface area (Å²) >= 11 is 1.40. The van der Waals surface area contributed by atoms with Gasteiger partial charge >= 0.3 is 0 Å². The van der Waals surface area contributed by atoms with E-state index in [2.05, 4.69) is 4.98 Å². The minimum absolute atomic E-state index is 0. The molecule has 3 rings (SSSR count). The largest absolute Gasteiger partial charge is 0.330 e. The van der Waals surface area contributed by atoms with Crippen LogP contribution >= 0.6 is 23.7 Å². The van der Waals surface area contributed by atoms with Crippen molar-refractivity contribution in [3.05, 3.63) is 51.7 Å². The molecule has 1 aliphatic carbocycles. The van der Waals surface area contributed by atoms with E-state index < -0.39 is 0 Å². The molecular formula is C15H17ClFN3OS. The normalized spacial score (nSPS) is 13.5. The van der Waals surface area contributed by atoms with E-state index in [1.165, 1.54) is 23.5 Å². The second kappa shape index (κ2) is 7.17. The highest BCUT2D eigenvalue weighted by molar-refractivity contribution is 7.09. The predicted molar refractivity (Wildman–Crippen MR) is 86.5 cm³/mol. The van der Waals surface area contributed by atoms with Gasteiger partial charge in [0.05, 0.1) is 0 Å². The van der Waals surface area contributed by atoms with E-state index in [0.29, 0.717) is 18.8 Å². The van der Waals surface area contributed by atoms with E-state index in [4.69, 9.17) is 5.73 Å². The van der Waals surface area contributed by atoms with Gasteiger partial charge in [-0.1, -0.05) is 12.1 Å². The van der Waals surface area contributed by atoms with Crippen LogP contribution in [0.1, 0.15) is 33.9 Å². The van der Waals surface area contributed by atoms with E-state index in [1.807, 2.05) is 4.90 Å². The van der Waals surface area contributed by atoms with Crippen LogP contribution in [0.5, 0.6) is 0 Å². The minimum atomic E-state index is -0.268. The Labute approximate surface area is 138 Å². The first-order chi connectivity index (χ1) is 10.2. The Balaban J connectivity index is 0.00000176. The second-order valence-corrected chi connectivity index (χ2v) is 6.06. The molecule has 1 amide bonds. The number of rotatable bonds is 5. The van der Waals surface area contributed by atoms with Gasteiger partial charge in [-0.2, -0.15) is 0 Å². The number of hydrogen-bond donors (Lipinski definition) is 1. The van der Waals surface area contributed by atoms with Gasteiger partial charge in [0.25, 0.3) is 5.91 Å². The van der Waals surface area contributed by atoms with Gasteiger partial charge in [-0.3, -0.25) is 4.79 Å². The number of halogens is 2. The maximum absolute atomic E-state index is 13.0. The van der Waals surface area contributed by atoms with E-state index in [-0.39, 0.29) is 30.2 Å². The number of thiazole rings is 1. The van der Waals surface area contributed by atoms with Crippen molar-refractivity contribution in [2.75, 3.05) is 0 Å². The Morgan fingerprint density at radius 2 is 2.05 bits per heavy atom. The maximum Gasteiger partial charge on any atom is 0.273 e. The van der Waals surface area contributed by atoms with Crippen LogP contribution in [-0.4, -0.2) is 21.8 Å². The molecule has 0 atom stereocenters. The van der Waals surface area contributed by atoms with Crippen LogP contribution < -0.4 is 5.73 Å². The average Bonchev–Trinajstić information content (AvgIpc) is 3.22. The lowest BCUT2D eigenvalue weighted by Crippen LogP contribution is -2.32. The van der Waals surface area contributed by atoms with Crippen molar-refractivity contribution in [2.24, 2.45) is 5.73 Å². The fourth-order valence-electron chi connectivity index (χ4n) is 2.19. The molecule has 1 fully saturated rings. The van der Waals surface area contributed by atoms with Gasteiger partial charge in [0.2, 0.25) is 0 Å². The fraction of sp³-hybridized carbons (Fsp3) is 0.333. The molecule has 1 heterocycles. The Hall–Kier alpha value is -1.50. The zero-order valence-corrected chi connectivity index (χ0v) is 13.5. The molecular weight excluding hydrogens is 325 g/mol. The molecule has 1 aliphatic rings. The van der Waals surface area contributed by atoms with Crippen molar-refractivity contribution < 1.29 is 9.18 Å². The summed E-state index contributed by atoms with van der Waals surface area (Å²) in [5, 5.41) is 2.51. The minimum Gasteiger partial charge on any atom is -0.330 e. The number of benzene rings is 1. The van der Waals surface area contributed by atoms with Crippen molar-refractivity contribution in [1.82, 2.24) is 9.88 Å². The van der Waals surface area contributed by atoms with Gasteiger partial charge in [-0.25, -0.2) is 9.37 Å². The smallest absolute Gasteiger partial charge is 0.273 e. The molecule has 2 aromatic rings. The SMILES string of the molecule is Cl.NCc1nc(C(=O)N(Cc2ccc(F)cc2)C2CC2)cs1. The molecule has 0 saturated heterocycles. The molecule has 0 spiro atoms. The van der Waals surface area contributed by atoms with Crippen LogP contribution in [0, 0.1) is 5.82 Å². The predicted octanol–water partition coefficient (Wildman–Crippen LogP) is 2.97. The zero-order chi connectivity index (χ0) is 14.8. The molecule has 1 aromatic heterocycles. The van der Waals surface area contributed by atoms with E-state index in [0.717, 1.165) is 23.4 Å². The summed E-state index contributed by atoms with van der Waals surface area (Å²) in [6, 6.07) is 6.53. The standard InChI is InChI=1S/C15H16FN3OS.ClH/c16-11-3-1-10(2-4-11)8-19(12-5-6-12)15(20)13-9-21-14(7-17)18-13;/h1-4,9,12H,5-8,17H2;1H. The molecule has 22 heavy (non-hydrogen) atoms. The molecule has 4 nitrogen and oxygen atoms in total. The number of carbonyl (C=O) groups is 1. The molecule has 1 saturated carbocycles. The molecule has 0 bridgehead atoms. The van der Waals surface area contributed by atoms with E-state index in [9.17, 15) is 9.18 Å². The Morgan fingerprint density at radius 3 is 2.59 bits per heavy atom. The third-order valence-corrected chi connectivity index (χ3v) is 4.33. The third kappa shape index (κ3) is 3.82. The summed E-state index contributed by atoms with van der Waals surface area (Å²) in [4.78, 5) is 18.7. The molecule has 0 unspecified atom stereocenters. The van der Waals surface area contributed by atoms with Crippen LogP contribution in [-0.2, 0) is 13.1 Å². The lowest BCUT2D eigenvalue weighted by molar-refractivity contribution is 0.0724. The monoisotopic (exact) mass is 341 g/mol. The number of aromatic nitrogens is 1. The number of amides is 1. The summed E-state index contributed by atoms with van der Waals surface area (Å²) in [7, 11) is 0. The highest BCUT2D eigenvalue weighted by Gasteiger charge is 2.33. The molecule has 0 aliphatic heterocycles. The Morgan fingerprint density at radius 1 is 1.36 bits per heavy atom. The summed E-state index contributed by atoms with van der Waals surface area (Å²) in [5.41, 5.74) is 6.91. The molecule has 1 aromatic carbocycles. The lowest BCUT2D eigenvalue weighted by atomic mass is 10.2. The first kappa shape index (κ1) is 16.9. The van der Waals surface area contributed by atoms with Crippen molar-refractivity contribution in [3.63, 3.8) is 0 Å². The summed E-state index contributed by atoms with van der Waals surface area (Å²) in [6.07, 6.45) is 2.03. The van der Waals surface area contributed by atoms with Crippen LogP contribution in [0.4, 0.5) is 4.39 Å². The molecule has 0 radical (unpaired) electrons. The highest BCUT2D eigenvalue weighted by Crippen LogP contribution is 2.30. The first-order valence-corrected chi connectivity index (χ1v) is 7.75. The summed E-state index contributed by atoms with van der Waals surface area (Å²) in [5.74, 6) is -0.340. The van der Waals surface area contributed by atoms with E-state index >= 15 is 0 Å². The first-order valence-electron chi connectivity index (χ1n) is 6.87. The van der Waals surface area contributed by atoms with Gasteiger partial charge in [-0.05, 0) is 30.5 Å². The van der Waals surface area contributed by atoms with Crippen molar-refractivity contribution in [1.29, 1.82) is 0 Å². The molecule has 2 N–H and O–H groups in total. The topological polar surface area (TPSA) is 59.2 Å². The molecule has 118 valence electrons. The van der Waals surface area contributed by atoms with Crippen LogP contribution in [0.3, 0.4) is 0 Å². The number of carbonyl (C=O) groups excluding carboxylic acids is 1. The lowest BCUT2D eigenvalue weighted by Gasteiger charge is -2.21.